The molecule has 0 fully saturated rings. The second-order valence-electron chi connectivity index (χ2n) is 10.2. The minimum absolute atomic E-state index is 0.109. The van der Waals surface area contributed by atoms with Crippen molar-refractivity contribution in [3.8, 4) is 6.07 Å². The zero-order chi connectivity index (χ0) is 21.0. The van der Waals surface area contributed by atoms with Gasteiger partial charge in [-0.05, 0) is 41.8 Å². The van der Waals surface area contributed by atoms with Gasteiger partial charge in [0.05, 0.1) is 12.2 Å². The highest BCUT2D eigenvalue weighted by molar-refractivity contribution is 6.74. The van der Waals surface area contributed by atoms with Crippen molar-refractivity contribution in [1.29, 1.82) is 5.26 Å². The molecule has 4 nitrogen and oxygen atoms in total. The predicted octanol–water partition coefficient (Wildman–Crippen LogP) is 5.42. The van der Waals surface area contributed by atoms with Gasteiger partial charge in [-0.1, -0.05) is 58.9 Å². The molecule has 2 unspecified atom stereocenters. The first-order valence-corrected chi connectivity index (χ1v) is 12.8. The summed E-state index contributed by atoms with van der Waals surface area (Å²) in [5, 5.41) is 9.66. The van der Waals surface area contributed by atoms with Crippen LogP contribution in [-0.2, 0) is 19.6 Å². The molecule has 5 heteroatoms. The normalized spacial score (nSPS) is 26.7. The van der Waals surface area contributed by atoms with Crippen LogP contribution in [0.4, 0.5) is 0 Å². The van der Waals surface area contributed by atoms with Crippen LogP contribution in [-0.4, -0.2) is 20.7 Å². The standard InChI is InChI=1S/C23H31NO3Si/c1-21(2,3)28(6,7)26-14-19-17-10-8-9-11-18(17)23(27-19)12-16(13-24)20(25)22(4,5)15-23/h8-12,19H,14-15H2,1-7H3. The highest BCUT2D eigenvalue weighted by Gasteiger charge is 2.52. The van der Waals surface area contributed by atoms with E-state index in [0.29, 0.717) is 13.0 Å². The Bertz CT molecular complexity index is 873. The summed E-state index contributed by atoms with van der Waals surface area (Å²) in [6.07, 6.45) is 2.06. The van der Waals surface area contributed by atoms with Crippen LogP contribution in [0.15, 0.2) is 35.9 Å². The van der Waals surface area contributed by atoms with Crippen LogP contribution in [0.25, 0.3) is 0 Å². The van der Waals surface area contributed by atoms with Crippen LogP contribution in [0, 0.1) is 16.7 Å². The van der Waals surface area contributed by atoms with Crippen LogP contribution < -0.4 is 0 Å². The van der Waals surface area contributed by atoms with Crippen LogP contribution in [0.1, 0.15) is 58.3 Å². The van der Waals surface area contributed by atoms with Gasteiger partial charge < -0.3 is 9.16 Å². The van der Waals surface area contributed by atoms with Gasteiger partial charge in [-0.15, -0.1) is 0 Å². The minimum Gasteiger partial charge on any atom is -0.414 e. The summed E-state index contributed by atoms with van der Waals surface area (Å²) in [6.45, 7) is 15.4. The summed E-state index contributed by atoms with van der Waals surface area (Å²) >= 11 is 0. The SMILES string of the molecule is CC1(C)CC2(C=C(C#N)C1=O)OC(CO[Si](C)(C)C(C)(C)C)c1ccccc12. The molecule has 2 aliphatic rings. The number of hydrogen-bond acceptors (Lipinski definition) is 4. The Morgan fingerprint density at radius 3 is 2.54 bits per heavy atom. The lowest BCUT2D eigenvalue weighted by molar-refractivity contribution is -0.133. The maximum Gasteiger partial charge on any atom is 0.192 e. The van der Waals surface area contributed by atoms with Gasteiger partial charge >= 0.3 is 0 Å². The summed E-state index contributed by atoms with van der Waals surface area (Å²) in [5.74, 6) is -0.109. The molecule has 150 valence electrons. The van der Waals surface area contributed by atoms with Crippen molar-refractivity contribution in [2.24, 2.45) is 5.41 Å². The maximum atomic E-state index is 12.6. The Kier molecular flexibility index (Phi) is 4.99. The van der Waals surface area contributed by atoms with Crippen molar-refractivity contribution in [1.82, 2.24) is 0 Å². The van der Waals surface area contributed by atoms with E-state index in [1.165, 1.54) is 0 Å². The molecule has 0 saturated heterocycles. The molecule has 28 heavy (non-hydrogen) atoms. The average molecular weight is 398 g/mol. The Morgan fingerprint density at radius 2 is 1.93 bits per heavy atom. The first-order chi connectivity index (χ1) is 12.8. The molecule has 0 aromatic heterocycles. The van der Waals surface area contributed by atoms with Gasteiger partial charge in [-0.25, -0.2) is 0 Å². The molecule has 3 rings (SSSR count). The number of fused-ring (bicyclic) bond motifs is 2. The zero-order valence-electron chi connectivity index (χ0n) is 18.1. The van der Waals surface area contributed by atoms with Gasteiger partial charge in [0.2, 0.25) is 0 Å². The van der Waals surface area contributed by atoms with E-state index in [2.05, 4.69) is 52.1 Å². The monoisotopic (exact) mass is 397 g/mol. The lowest BCUT2D eigenvalue weighted by Crippen LogP contribution is -2.42. The highest BCUT2D eigenvalue weighted by atomic mass is 28.4. The molecule has 1 aliphatic carbocycles. The fourth-order valence-corrected chi connectivity index (χ4v) is 4.95. The van der Waals surface area contributed by atoms with Gasteiger partial charge in [0.25, 0.3) is 0 Å². The molecular formula is C23H31NO3Si. The predicted molar refractivity (Wildman–Crippen MR) is 112 cm³/mol. The summed E-state index contributed by atoms with van der Waals surface area (Å²) in [4.78, 5) is 12.6. The second kappa shape index (κ2) is 6.65. The van der Waals surface area contributed by atoms with Gasteiger partial charge in [0, 0.05) is 5.41 Å². The number of ketones is 1. The van der Waals surface area contributed by atoms with Crippen LogP contribution in [0.5, 0.6) is 0 Å². The van der Waals surface area contributed by atoms with Crippen LogP contribution >= 0.6 is 0 Å². The van der Waals surface area contributed by atoms with E-state index < -0.39 is 19.3 Å². The lowest BCUT2D eigenvalue weighted by atomic mass is 9.68. The Labute approximate surface area is 169 Å². The van der Waals surface area contributed by atoms with Crippen molar-refractivity contribution in [3.63, 3.8) is 0 Å². The molecule has 0 bridgehead atoms. The number of ether oxygens (including phenoxy) is 1. The molecule has 1 spiro atoms. The third-order valence-electron chi connectivity index (χ3n) is 6.58. The summed E-state index contributed by atoms with van der Waals surface area (Å²) in [5.41, 5.74) is 0.937. The fourth-order valence-electron chi connectivity index (χ4n) is 3.95. The second-order valence-corrected chi connectivity index (χ2v) is 15.0. The molecule has 1 aromatic carbocycles. The fraction of sp³-hybridized carbons (Fsp3) is 0.565. The van der Waals surface area contributed by atoms with Gasteiger partial charge in [0.15, 0.2) is 14.1 Å². The number of nitriles is 1. The Balaban J connectivity index is 1.99. The van der Waals surface area contributed by atoms with Crippen LogP contribution in [0.3, 0.4) is 0 Å². The van der Waals surface area contributed by atoms with E-state index in [1.807, 2.05) is 26.0 Å². The number of Topliss-reactive ketones (excluding diaryl/α,β-unsaturated/α-hetero) is 1. The van der Waals surface area contributed by atoms with E-state index in [0.717, 1.165) is 11.1 Å². The van der Waals surface area contributed by atoms with Gasteiger partial charge in [-0.3, -0.25) is 4.79 Å². The maximum absolute atomic E-state index is 12.6. The topological polar surface area (TPSA) is 59.3 Å². The summed E-state index contributed by atoms with van der Waals surface area (Å²) in [7, 11) is -1.92. The van der Waals surface area contributed by atoms with Crippen molar-refractivity contribution < 1.29 is 14.0 Å². The molecule has 2 atom stereocenters. The molecule has 0 saturated carbocycles. The quantitative estimate of drug-likeness (QED) is 0.639. The number of allylic oxidation sites excluding steroid dienone is 1. The molecule has 0 N–H and O–H groups in total. The number of hydrogen-bond donors (Lipinski definition) is 0. The number of carbonyl (C=O) groups excluding carboxylic acids is 1. The first kappa shape index (κ1) is 21.0. The number of rotatable bonds is 3. The number of nitrogens with zero attached hydrogens (tertiary/aromatic N) is 1. The average Bonchev–Trinajstić information content (AvgIpc) is 2.89. The van der Waals surface area contributed by atoms with Crippen molar-refractivity contribution in [3.05, 3.63) is 47.0 Å². The molecule has 1 heterocycles. The summed E-state index contributed by atoms with van der Waals surface area (Å²) < 4.78 is 13.1. The highest BCUT2D eigenvalue weighted by Crippen LogP contribution is 2.53. The lowest BCUT2D eigenvalue weighted by Gasteiger charge is -2.40. The minimum atomic E-state index is -1.92. The van der Waals surface area contributed by atoms with E-state index in [4.69, 9.17) is 9.16 Å². The van der Waals surface area contributed by atoms with E-state index in [9.17, 15) is 10.1 Å². The molecule has 0 amide bonds. The molecule has 1 aliphatic heterocycles. The van der Waals surface area contributed by atoms with Gasteiger partial charge in [0.1, 0.15) is 17.8 Å². The van der Waals surface area contributed by atoms with Gasteiger partial charge in [-0.2, -0.15) is 5.26 Å². The largest absolute Gasteiger partial charge is 0.414 e. The third kappa shape index (κ3) is 3.39. The first-order valence-electron chi connectivity index (χ1n) is 9.92. The molecule has 1 aromatic rings. The van der Waals surface area contributed by atoms with E-state index in [-0.39, 0.29) is 22.5 Å². The molecule has 0 radical (unpaired) electrons. The van der Waals surface area contributed by atoms with E-state index in [1.54, 1.807) is 6.08 Å². The van der Waals surface area contributed by atoms with Crippen LogP contribution in [0.2, 0.25) is 18.1 Å². The third-order valence-corrected chi connectivity index (χ3v) is 11.1. The number of benzene rings is 1. The Morgan fingerprint density at radius 1 is 1.29 bits per heavy atom. The summed E-state index contributed by atoms with van der Waals surface area (Å²) in [6, 6.07) is 10.2. The van der Waals surface area contributed by atoms with Crippen molar-refractivity contribution in [2.45, 2.75) is 70.9 Å². The zero-order valence-corrected chi connectivity index (χ0v) is 19.1. The van der Waals surface area contributed by atoms with Crippen molar-refractivity contribution >= 4 is 14.1 Å². The van der Waals surface area contributed by atoms with Crippen molar-refractivity contribution in [2.75, 3.05) is 6.61 Å². The Hall–Kier alpha value is -1.74. The molecular weight excluding hydrogens is 366 g/mol. The van der Waals surface area contributed by atoms with E-state index >= 15 is 0 Å². The smallest absolute Gasteiger partial charge is 0.192 e. The number of carbonyl (C=O) groups is 1.